The number of aryl methyl sites for hydroxylation is 2. The Kier molecular flexibility index (Phi) is 3.33. The molecule has 1 aliphatic rings. The standard InChI is InChI=1S/C14H14N2OS2/c1-9-3-5-11(6-4-9)13-16(12(17)8-18-13)14-15-7-10(2)19-14/h3-7,13H,8H2,1-2H3. The van der Waals surface area contributed by atoms with Gasteiger partial charge in [0.2, 0.25) is 5.91 Å². The minimum Gasteiger partial charge on any atom is -0.273 e. The zero-order chi connectivity index (χ0) is 13.4. The number of thioether (sulfide) groups is 1. The van der Waals surface area contributed by atoms with Gasteiger partial charge in [-0.3, -0.25) is 9.69 Å². The average Bonchev–Trinajstić information content (AvgIpc) is 2.96. The number of hydrogen-bond donors (Lipinski definition) is 0. The monoisotopic (exact) mass is 290 g/mol. The zero-order valence-corrected chi connectivity index (χ0v) is 12.4. The van der Waals surface area contributed by atoms with E-state index in [4.69, 9.17) is 0 Å². The molecule has 19 heavy (non-hydrogen) atoms. The van der Waals surface area contributed by atoms with Crippen molar-refractivity contribution in [1.82, 2.24) is 4.98 Å². The fourth-order valence-electron chi connectivity index (χ4n) is 2.06. The highest BCUT2D eigenvalue weighted by atomic mass is 32.2. The maximum absolute atomic E-state index is 12.1. The van der Waals surface area contributed by atoms with Gasteiger partial charge in [0, 0.05) is 11.1 Å². The molecule has 98 valence electrons. The van der Waals surface area contributed by atoms with E-state index in [1.54, 1.807) is 23.1 Å². The van der Waals surface area contributed by atoms with Crippen molar-refractivity contribution in [2.45, 2.75) is 19.2 Å². The topological polar surface area (TPSA) is 33.2 Å². The summed E-state index contributed by atoms with van der Waals surface area (Å²) < 4.78 is 0. The normalized spacial score (nSPS) is 19.2. The van der Waals surface area contributed by atoms with Gasteiger partial charge in [0.25, 0.3) is 0 Å². The number of thiazole rings is 1. The minimum absolute atomic E-state index is 0.0543. The van der Waals surface area contributed by atoms with Crippen LogP contribution in [0.5, 0.6) is 0 Å². The largest absolute Gasteiger partial charge is 0.273 e. The molecule has 1 fully saturated rings. The molecule has 1 aliphatic heterocycles. The Morgan fingerprint density at radius 1 is 1.26 bits per heavy atom. The molecule has 3 rings (SSSR count). The molecule has 2 aromatic rings. The number of anilines is 1. The molecule has 0 saturated carbocycles. The van der Waals surface area contributed by atoms with Crippen molar-refractivity contribution in [2.75, 3.05) is 10.7 Å². The highest BCUT2D eigenvalue weighted by Gasteiger charge is 2.35. The van der Waals surface area contributed by atoms with E-state index in [9.17, 15) is 4.79 Å². The van der Waals surface area contributed by atoms with Gasteiger partial charge in [0.15, 0.2) is 5.13 Å². The van der Waals surface area contributed by atoms with Gasteiger partial charge in [-0.2, -0.15) is 0 Å². The second-order valence-corrected chi connectivity index (χ2v) is 6.87. The van der Waals surface area contributed by atoms with Crippen molar-refractivity contribution in [3.05, 3.63) is 46.5 Å². The lowest BCUT2D eigenvalue weighted by molar-refractivity contribution is -0.115. The Bertz CT molecular complexity index is 606. The maximum Gasteiger partial charge on any atom is 0.240 e. The number of hydrogen-bond acceptors (Lipinski definition) is 4. The number of rotatable bonds is 2. The Balaban J connectivity index is 1.96. The molecule has 1 saturated heterocycles. The lowest BCUT2D eigenvalue weighted by atomic mass is 10.1. The van der Waals surface area contributed by atoms with Crippen LogP contribution in [-0.2, 0) is 4.79 Å². The molecule has 0 spiro atoms. The molecule has 3 nitrogen and oxygen atoms in total. The fraction of sp³-hybridized carbons (Fsp3) is 0.286. The molecule has 0 N–H and O–H groups in total. The summed E-state index contributed by atoms with van der Waals surface area (Å²) in [6, 6.07) is 8.37. The van der Waals surface area contributed by atoms with Crippen LogP contribution in [0, 0.1) is 13.8 Å². The number of carbonyl (C=O) groups is 1. The Labute approximate surface area is 120 Å². The molecular formula is C14H14N2OS2. The van der Waals surface area contributed by atoms with Crippen LogP contribution in [0.1, 0.15) is 21.4 Å². The van der Waals surface area contributed by atoms with Crippen LogP contribution in [0.15, 0.2) is 30.5 Å². The summed E-state index contributed by atoms with van der Waals surface area (Å²) in [4.78, 5) is 19.4. The smallest absolute Gasteiger partial charge is 0.240 e. The predicted molar refractivity (Wildman–Crippen MR) is 80.7 cm³/mol. The van der Waals surface area contributed by atoms with Crippen molar-refractivity contribution < 1.29 is 4.79 Å². The van der Waals surface area contributed by atoms with Crippen LogP contribution in [0.25, 0.3) is 0 Å². The summed E-state index contributed by atoms with van der Waals surface area (Å²) in [5, 5.41) is 0.858. The molecule has 0 radical (unpaired) electrons. The zero-order valence-electron chi connectivity index (χ0n) is 10.8. The molecule has 0 aliphatic carbocycles. The van der Waals surface area contributed by atoms with Crippen LogP contribution < -0.4 is 4.90 Å². The quantitative estimate of drug-likeness (QED) is 0.848. The number of aromatic nitrogens is 1. The first-order chi connectivity index (χ1) is 9.15. The summed E-state index contributed by atoms with van der Waals surface area (Å²) in [5.74, 6) is 0.668. The molecule has 1 atom stereocenters. The van der Waals surface area contributed by atoms with Crippen LogP contribution in [0.4, 0.5) is 5.13 Å². The number of carbonyl (C=O) groups excluding carboxylic acids is 1. The van der Waals surface area contributed by atoms with Gasteiger partial charge in [-0.15, -0.1) is 23.1 Å². The summed E-state index contributed by atoms with van der Waals surface area (Å²) in [6.07, 6.45) is 1.82. The summed E-state index contributed by atoms with van der Waals surface area (Å²) in [7, 11) is 0. The maximum atomic E-state index is 12.1. The van der Waals surface area contributed by atoms with Gasteiger partial charge in [-0.1, -0.05) is 29.8 Å². The van der Waals surface area contributed by atoms with Gasteiger partial charge in [-0.05, 0) is 19.4 Å². The van der Waals surface area contributed by atoms with Crippen LogP contribution in [0.3, 0.4) is 0 Å². The first-order valence-electron chi connectivity index (χ1n) is 6.08. The molecule has 1 unspecified atom stereocenters. The van der Waals surface area contributed by atoms with E-state index in [1.807, 2.05) is 18.0 Å². The summed E-state index contributed by atoms with van der Waals surface area (Å²) in [6.45, 7) is 4.08. The lowest BCUT2D eigenvalue weighted by Crippen LogP contribution is -2.27. The molecule has 1 amide bonds. The van der Waals surface area contributed by atoms with E-state index < -0.39 is 0 Å². The van der Waals surface area contributed by atoms with E-state index in [-0.39, 0.29) is 11.3 Å². The molecule has 5 heteroatoms. The second-order valence-electron chi connectivity index (χ2n) is 4.59. The summed E-state index contributed by atoms with van der Waals surface area (Å²) >= 11 is 3.24. The first kappa shape index (κ1) is 12.7. The molecule has 2 heterocycles. The first-order valence-corrected chi connectivity index (χ1v) is 7.94. The molecule has 0 bridgehead atoms. The van der Waals surface area contributed by atoms with Crippen LogP contribution >= 0.6 is 23.1 Å². The van der Waals surface area contributed by atoms with E-state index >= 15 is 0 Å². The Hall–Kier alpha value is -1.33. The molecular weight excluding hydrogens is 276 g/mol. The third kappa shape index (κ3) is 2.40. The average molecular weight is 290 g/mol. The van der Waals surface area contributed by atoms with Gasteiger partial charge in [0.1, 0.15) is 5.37 Å². The van der Waals surface area contributed by atoms with Crippen molar-refractivity contribution in [3.8, 4) is 0 Å². The second kappa shape index (κ2) is 4.98. The number of amides is 1. The summed E-state index contributed by atoms with van der Waals surface area (Å²) in [5.41, 5.74) is 2.39. The third-order valence-electron chi connectivity index (χ3n) is 3.05. The molecule has 1 aromatic heterocycles. The third-order valence-corrected chi connectivity index (χ3v) is 5.17. The minimum atomic E-state index is 0.0543. The fourth-order valence-corrected chi connectivity index (χ4v) is 4.09. The predicted octanol–water partition coefficient (Wildman–Crippen LogP) is 3.54. The Morgan fingerprint density at radius 2 is 2.00 bits per heavy atom. The van der Waals surface area contributed by atoms with E-state index in [2.05, 4.69) is 36.2 Å². The SMILES string of the molecule is Cc1ccc(C2SCC(=O)N2c2ncc(C)s2)cc1. The van der Waals surface area contributed by atoms with Crippen LogP contribution in [0.2, 0.25) is 0 Å². The highest BCUT2D eigenvalue weighted by molar-refractivity contribution is 8.00. The van der Waals surface area contributed by atoms with E-state index in [1.165, 1.54) is 5.56 Å². The van der Waals surface area contributed by atoms with Crippen LogP contribution in [-0.4, -0.2) is 16.6 Å². The van der Waals surface area contributed by atoms with Gasteiger partial charge in [-0.25, -0.2) is 4.98 Å². The van der Waals surface area contributed by atoms with Crippen molar-refractivity contribution in [1.29, 1.82) is 0 Å². The van der Waals surface area contributed by atoms with E-state index in [0.717, 1.165) is 15.6 Å². The lowest BCUT2D eigenvalue weighted by Gasteiger charge is -2.21. The van der Waals surface area contributed by atoms with E-state index in [0.29, 0.717) is 5.75 Å². The molecule has 1 aromatic carbocycles. The van der Waals surface area contributed by atoms with Crippen molar-refractivity contribution in [3.63, 3.8) is 0 Å². The highest BCUT2D eigenvalue weighted by Crippen LogP contribution is 2.42. The number of benzene rings is 1. The van der Waals surface area contributed by atoms with Gasteiger partial charge in [0.05, 0.1) is 5.75 Å². The van der Waals surface area contributed by atoms with Gasteiger partial charge < -0.3 is 0 Å². The van der Waals surface area contributed by atoms with Crippen molar-refractivity contribution >= 4 is 34.1 Å². The van der Waals surface area contributed by atoms with Gasteiger partial charge >= 0.3 is 0 Å². The van der Waals surface area contributed by atoms with Crippen molar-refractivity contribution in [2.24, 2.45) is 0 Å². The number of nitrogens with zero attached hydrogens (tertiary/aromatic N) is 2. The Morgan fingerprint density at radius 3 is 2.63 bits per heavy atom.